The lowest BCUT2D eigenvalue weighted by atomic mass is 10.2. The monoisotopic (exact) mass is 366 g/mol. The molecule has 0 bridgehead atoms. The van der Waals surface area contributed by atoms with Crippen molar-refractivity contribution in [3.8, 4) is 0 Å². The van der Waals surface area contributed by atoms with Crippen molar-refractivity contribution in [1.82, 2.24) is 5.32 Å². The normalized spacial score (nSPS) is 17.1. The third kappa shape index (κ3) is 3.28. The molecule has 1 fully saturated rings. The number of primary sulfonamides is 1. The van der Waals surface area contributed by atoms with Crippen LogP contribution >= 0.6 is 27.5 Å². The Labute approximate surface area is 124 Å². The Morgan fingerprint density at radius 3 is 2.53 bits per heavy atom. The molecule has 2 rings (SSSR count). The second-order valence-corrected chi connectivity index (χ2v) is 7.65. The predicted molar refractivity (Wildman–Crippen MR) is 75.6 cm³/mol. The molecule has 1 aliphatic carbocycles. The van der Waals surface area contributed by atoms with E-state index >= 15 is 0 Å². The molecule has 1 aromatic carbocycles. The zero-order chi connectivity index (χ0) is 14.4. The van der Waals surface area contributed by atoms with Crippen molar-refractivity contribution >= 4 is 43.5 Å². The van der Waals surface area contributed by atoms with Crippen molar-refractivity contribution in [1.29, 1.82) is 0 Å². The third-order valence-corrected chi connectivity index (χ3v) is 4.88. The Hall–Kier alpha value is -0.630. The first-order valence-corrected chi connectivity index (χ1v) is 8.18. The first-order chi connectivity index (χ1) is 8.62. The van der Waals surface area contributed by atoms with Gasteiger partial charge in [0.05, 0.1) is 10.6 Å². The van der Waals surface area contributed by atoms with E-state index in [0.29, 0.717) is 4.47 Å². The molecule has 0 saturated heterocycles. The fourth-order valence-electron chi connectivity index (χ4n) is 1.59. The van der Waals surface area contributed by atoms with E-state index in [-0.39, 0.29) is 21.0 Å². The quantitative estimate of drug-likeness (QED) is 0.856. The zero-order valence-corrected chi connectivity index (χ0v) is 13.2. The van der Waals surface area contributed by atoms with Crippen LogP contribution in [-0.4, -0.2) is 19.9 Å². The van der Waals surface area contributed by atoms with Gasteiger partial charge in [-0.2, -0.15) is 0 Å². The molecule has 1 aromatic rings. The van der Waals surface area contributed by atoms with Gasteiger partial charge in [-0.25, -0.2) is 13.6 Å². The summed E-state index contributed by atoms with van der Waals surface area (Å²) in [6.45, 7) is 1.91. The molecule has 19 heavy (non-hydrogen) atoms. The summed E-state index contributed by atoms with van der Waals surface area (Å²) in [4.78, 5) is 11.8. The molecule has 1 aliphatic rings. The summed E-state index contributed by atoms with van der Waals surface area (Å²) in [5, 5.41) is 7.72. The van der Waals surface area contributed by atoms with Crippen LogP contribution in [0.5, 0.6) is 0 Å². The van der Waals surface area contributed by atoms with Crippen molar-refractivity contribution in [3.63, 3.8) is 0 Å². The van der Waals surface area contributed by atoms with E-state index in [0.717, 1.165) is 12.8 Å². The van der Waals surface area contributed by atoms with E-state index in [4.69, 9.17) is 16.7 Å². The predicted octanol–water partition coefficient (Wildman–Crippen LogP) is 2.03. The van der Waals surface area contributed by atoms with Crippen LogP contribution in [0.1, 0.15) is 30.1 Å². The molecule has 5 nitrogen and oxygen atoms in total. The van der Waals surface area contributed by atoms with Crippen molar-refractivity contribution in [2.75, 3.05) is 0 Å². The minimum atomic E-state index is -3.98. The molecular formula is C11H12BrClN2O3S. The lowest BCUT2D eigenvalue weighted by Gasteiger charge is -2.14. The number of carbonyl (C=O) groups is 1. The molecule has 0 atom stereocenters. The van der Waals surface area contributed by atoms with Crippen LogP contribution in [0.15, 0.2) is 21.5 Å². The topological polar surface area (TPSA) is 89.3 Å². The molecule has 0 aliphatic heterocycles. The molecule has 0 radical (unpaired) electrons. The van der Waals surface area contributed by atoms with E-state index in [1.165, 1.54) is 12.1 Å². The fourth-order valence-corrected chi connectivity index (χ4v) is 3.37. The Morgan fingerprint density at radius 2 is 2.05 bits per heavy atom. The standard InChI is InChI=1S/C11H12BrClN2O3S/c1-11(2-3-11)15-10(16)7-4-6(12)5-8(9(7)13)19(14,17)18/h4-5H,2-3H2,1H3,(H,15,16)(H2,14,17,18). The lowest BCUT2D eigenvalue weighted by molar-refractivity contribution is 0.0935. The Kier molecular flexibility index (Phi) is 3.68. The maximum absolute atomic E-state index is 12.1. The summed E-state index contributed by atoms with van der Waals surface area (Å²) < 4.78 is 23.3. The number of hydrogen-bond acceptors (Lipinski definition) is 3. The van der Waals surface area contributed by atoms with E-state index in [1.54, 1.807) is 0 Å². The first kappa shape index (κ1) is 14.8. The lowest BCUT2D eigenvalue weighted by Crippen LogP contribution is -2.34. The van der Waals surface area contributed by atoms with Crippen LogP contribution in [0.4, 0.5) is 0 Å². The number of sulfonamides is 1. The molecule has 0 heterocycles. The molecule has 3 N–H and O–H groups in total. The second-order valence-electron chi connectivity index (χ2n) is 4.83. The largest absolute Gasteiger partial charge is 0.347 e. The number of benzene rings is 1. The Balaban J connectivity index is 2.46. The van der Waals surface area contributed by atoms with Gasteiger partial charge in [0.15, 0.2) is 0 Å². The number of nitrogens with two attached hydrogens (primary N) is 1. The van der Waals surface area contributed by atoms with Crippen LogP contribution < -0.4 is 10.5 Å². The van der Waals surface area contributed by atoms with Crippen molar-refractivity contribution in [2.45, 2.75) is 30.2 Å². The van der Waals surface area contributed by atoms with Gasteiger partial charge in [0.25, 0.3) is 5.91 Å². The van der Waals surface area contributed by atoms with E-state index in [2.05, 4.69) is 21.2 Å². The molecule has 0 unspecified atom stereocenters. The van der Waals surface area contributed by atoms with E-state index in [9.17, 15) is 13.2 Å². The summed E-state index contributed by atoms with van der Waals surface area (Å²) in [5.74, 6) is -0.406. The van der Waals surface area contributed by atoms with Gasteiger partial charge in [0, 0.05) is 10.0 Å². The highest BCUT2D eigenvalue weighted by atomic mass is 79.9. The van der Waals surface area contributed by atoms with Crippen molar-refractivity contribution < 1.29 is 13.2 Å². The Morgan fingerprint density at radius 1 is 1.47 bits per heavy atom. The average molecular weight is 368 g/mol. The number of carbonyl (C=O) groups excluding carboxylic acids is 1. The van der Waals surface area contributed by atoms with Crippen LogP contribution in [0.25, 0.3) is 0 Å². The molecule has 1 amide bonds. The van der Waals surface area contributed by atoms with Gasteiger partial charge < -0.3 is 5.32 Å². The molecule has 0 aromatic heterocycles. The number of hydrogen-bond donors (Lipinski definition) is 2. The van der Waals surface area contributed by atoms with Gasteiger partial charge in [0.2, 0.25) is 10.0 Å². The van der Waals surface area contributed by atoms with Gasteiger partial charge in [-0.05, 0) is 31.9 Å². The van der Waals surface area contributed by atoms with Gasteiger partial charge in [-0.15, -0.1) is 0 Å². The first-order valence-electron chi connectivity index (χ1n) is 5.47. The summed E-state index contributed by atoms with van der Waals surface area (Å²) in [6.07, 6.45) is 1.79. The minimum absolute atomic E-state index is 0.0909. The highest BCUT2D eigenvalue weighted by Crippen LogP contribution is 2.36. The van der Waals surface area contributed by atoms with Crippen molar-refractivity contribution in [2.24, 2.45) is 5.14 Å². The Bertz CT molecular complexity index is 656. The van der Waals surface area contributed by atoms with Crippen LogP contribution in [-0.2, 0) is 10.0 Å². The average Bonchev–Trinajstić information content (AvgIpc) is 2.97. The van der Waals surface area contributed by atoms with Gasteiger partial charge >= 0.3 is 0 Å². The molecule has 8 heteroatoms. The summed E-state index contributed by atoms with van der Waals surface area (Å²) in [7, 11) is -3.98. The van der Waals surface area contributed by atoms with Gasteiger partial charge in [0.1, 0.15) is 4.90 Å². The fraction of sp³-hybridized carbons (Fsp3) is 0.364. The minimum Gasteiger partial charge on any atom is -0.347 e. The van der Waals surface area contributed by atoms with Crippen LogP contribution in [0.3, 0.4) is 0 Å². The SMILES string of the molecule is CC1(NC(=O)c2cc(Br)cc(S(N)(=O)=O)c2Cl)CC1. The van der Waals surface area contributed by atoms with Gasteiger partial charge in [-0.1, -0.05) is 27.5 Å². The van der Waals surface area contributed by atoms with Crippen LogP contribution in [0.2, 0.25) is 5.02 Å². The number of amides is 1. The summed E-state index contributed by atoms with van der Waals surface area (Å²) in [6, 6.07) is 2.74. The van der Waals surface area contributed by atoms with Crippen LogP contribution in [0, 0.1) is 0 Å². The molecular weight excluding hydrogens is 356 g/mol. The number of rotatable bonds is 3. The molecule has 0 spiro atoms. The maximum atomic E-state index is 12.1. The third-order valence-electron chi connectivity index (χ3n) is 2.97. The van der Waals surface area contributed by atoms with E-state index < -0.39 is 15.9 Å². The molecule has 1 saturated carbocycles. The smallest absolute Gasteiger partial charge is 0.253 e. The van der Waals surface area contributed by atoms with Crippen molar-refractivity contribution in [3.05, 3.63) is 27.2 Å². The highest BCUT2D eigenvalue weighted by molar-refractivity contribution is 9.10. The highest BCUT2D eigenvalue weighted by Gasteiger charge is 2.39. The van der Waals surface area contributed by atoms with Gasteiger partial charge in [-0.3, -0.25) is 4.79 Å². The van der Waals surface area contributed by atoms with E-state index in [1.807, 2.05) is 6.92 Å². The summed E-state index contributed by atoms with van der Waals surface area (Å²) >= 11 is 9.11. The number of nitrogens with one attached hydrogen (secondary N) is 1. The number of halogens is 2. The second kappa shape index (κ2) is 4.73. The molecule has 104 valence electrons. The zero-order valence-electron chi connectivity index (χ0n) is 10.0. The maximum Gasteiger partial charge on any atom is 0.253 e. The summed E-state index contributed by atoms with van der Waals surface area (Å²) in [5.41, 5.74) is -0.127.